The van der Waals surface area contributed by atoms with Gasteiger partial charge >= 0.3 is 0 Å². The first kappa shape index (κ1) is 13.7. The van der Waals surface area contributed by atoms with E-state index < -0.39 is 0 Å². The van der Waals surface area contributed by atoms with Crippen LogP contribution in [0.25, 0.3) is 0 Å². The molecule has 0 unspecified atom stereocenters. The lowest BCUT2D eigenvalue weighted by Gasteiger charge is -2.06. The minimum absolute atomic E-state index is 0.134. The van der Waals surface area contributed by atoms with E-state index in [0.717, 1.165) is 29.1 Å². The summed E-state index contributed by atoms with van der Waals surface area (Å²) in [5.41, 5.74) is 1.87. The monoisotopic (exact) mass is 276 g/mol. The van der Waals surface area contributed by atoms with Crippen LogP contribution in [0, 0.1) is 6.92 Å². The van der Waals surface area contributed by atoms with Crippen molar-refractivity contribution in [2.24, 2.45) is 0 Å². The minimum Gasteiger partial charge on any atom is -0.396 e. The van der Waals surface area contributed by atoms with Crippen molar-refractivity contribution < 1.29 is 9.90 Å². The second-order valence-electron chi connectivity index (χ2n) is 4.23. The van der Waals surface area contributed by atoms with Crippen LogP contribution < -0.4 is 5.32 Å². The van der Waals surface area contributed by atoms with Gasteiger partial charge in [-0.2, -0.15) is 0 Å². The highest BCUT2D eigenvalue weighted by molar-refractivity contribution is 7.13. The molecule has 0 radical (unpaired) electrons. The van der Waals surface area contributed by atoms with Crippen molar-refractivity contribution in [1.82, 2.24) is 4.98 Å². The first-order chi connectivity index (χ1) is 9.19. The number of benzene rings is 1. The van der Waals surface area contributed by atoms with Gasteiger partial charge in [-0.05, 0) is 37.5 Å². The molecule has 0 saturated carbocycles. The molecule has 5 heteroatoms. The van der Waals surface area contributed by atoms with Gasteiger partial charge in [0.15, 0.2) is 0 Å². The molecule has 4 nitrogen and oxygen atoms in total. The Bertz CT molecular complexity index is 566. The molecule has 0 aliphatic heterocycles. The number of aryl methyl sites for hydroxylation is 2. The number of aromatic nitrogens is 1. The minimum atomic E-state index is -0.134. The zero-order valence-corrected chi connectivity index (χ0v) is 11.5. The molecule has 100 valence electrons. The van der Waals surface area contributed by atoms with Crippen molar-refractivity contribution in [1.29, 1.82) is 0 Å². The Morgan fingerprint density at radius 3 is 3.00 bits per heavy atom. The van der Waals surface area contributed by atoms with E-state index in [9.17, 15) is 4.79 Å². The van der Waals surface area contributed by atoms with Gasteiger partial charge in [0, 0.05) is 12.3 Å². The molecule has 2 aromatic rings. The van der Waals surface area contributed by atoms with Crippen LogP contribution >= 0.6 is 11.3 Å². The highest BCUT2D eigenvalue weighted by Crippen LogP contribution is 2.16. The van der Waals surface area contributed by atoms with E-state index in [4.69, 9.17) is 5.11 Å². The van der Waals surface area contributed by atoms with Gasteiger partial charge in [0.05, 0.1) is 11.2 Å². The molecule has 0 atom stereocenters. The van der Waals surface area contributed by atoms with Crippen LogP contribution in [0.15, 0.2) is 30.5 Å². The summed E-state index contributed by atoms with van der Waals surface area (Å²) in [4.78, 5) is 16.6. The van der Waals surface area contributed by atoms with Gasteiger partial charge in [-0.15, -0.1) is 11.3 Å². The SMILES string of the molecule is Cc1ncc(C(=O)Nc2cccc(CCCO)c2)s1. The number of nitrogens with zero attached hydrogens (tertiary/aromatic N) is 1. The lowest BCUT2D eigenvalue weighted by atomic mass is 10.1. The number of hydrogen-bond donors (Lipinski definition) is 2. The second kappa shape index (κ2) is 6.45. The highest BCUT2D eigenvalue weighted by atomic mass is 32.1. The summed E-state index contributed by atoms with van der Waals surface area (Å²) < 4.78 is 0. The third kappa shape index (κ3) is 3.87. The molecule has 0 spiro atoms. The van der Waals surface area contributed by atoms with Crippen molar-refractivity contribution in [3.8, 4) is 0 Å². The van der Waals surface area contributed by atoms with Crippen molar-refractivity contribution in [2.45, 2.75) is 19.8 Å². The number of nitrogens with one attached hydrogen (secondary N) is 1. The normalized spacial score (nSPS) is 10.4. The molecule has 2 N–H and O–H groups in total. The summed E-state index contributed by atoms with van der Waals surface area (Å²) >= 11 is 1.38. The molecule has 0 saturated heterocycles. The Morgan fingerprint density at radius 2 is 2.32 bits per heavy atom. The second-order valence-corrected chi connectivity index (χ2v) is 5.46. The molecule has 1 aromatic heterocycles. The predicted octanol–water partition coefficient (Wildman–Crippen LogP) is 2.63. The Kier molecular flexibility index (Phi) is 4.65. The van der Waals surface area contributed by atoms with E-state index >= 15 is 0 Å². The molecule has 1 heterocycles. The highest BCUT2D eigenvalue weighted by Gasteiger charge is 2.09. The Morgan fingerprint density at radius 1 is 1.47 bits per heavy atom. The fourth-order valence-corrected chi connectivity index (χ4v) is 2.42. The van der Waals surface area contributed by atoms with Crippen LogP contribution in [0.3, 0.4) is 0 Å². The van der Waals surface area contributed by atoms with E-state index in [0.29, 0.717) is 4.88 Å². The van der Waals surface area contributed by atoms with Crippen LogP contribution in [0.1, 0.15) is 26.7 Å². The summed E-state index contributed by atoms with van der Waals surface area (Å²) in [6.07, 6.45) is 3.12. The number of hydrogen-bond acceptors (Lipinski definition) is 4. The third-order valence-electron chi connectivity index (χ3n) is 2.65. The van der Waals surface area contributed by atoms with Gasteiger partial charge < -0.3 is 10.4 Å². The summed E-state index contributed by atoms with van der Waals surface area (Å²) in [6.45, 7) is 2.05. The quantitative estimate of drug-likeness (QED) is 0.882. The van der Waals surface area contributed by atoms with Gasteiger partial charge in [-0.1, -0.05) is 12.1 Å². The summed E-state index contributed by atoms with van der Waals surface area (Å²) in [5, 5.41) is 12.6. The number of thiazole rings is 1. The van der Waals surface area contributed by atoms with Crippen molar-refractivity contribution >= 4 is 22.9 Å². The van der Waals surface area contributed by atoms with Crippen LogP contribution in [-0.2, 0) is 6.42 Å². The average Bonchev–Trinajstić information content (AvgIpc) is 2.83. The van der Waals surface area contributed by atoms with E-state index in [1.165, 1.54) is 11.3 Å². The fraction of sp³-hybridized carbons (Fsp3) is 0.286. The van der Waals surface area contributed by atoms with Gasteiger partial charge in [0.2, 0.25) is 0 Å². The molecule has 0 fully saturated rings. The van der Waals surface area contributed by atoms with E-state index in [1.54, 1.807) is 6.20 Å². The average molecular weight is 276 g/mol. The maximum atomic E-state index is 12.0. The Balaban J connectivity index is 2.04. The molecule has 0 bridgehead atoms. The lowest BCUT2D eigenvalue weighted by molar-refractivity contribution is 0.103. The molecule has 1 amide bonds. The van der Waals surface area contributed by atoms with Crippen molar-refractivity contribution in [3.05, 3.63) is 45.9 Å². The molecular formula is C14H16N2O2S. The van der Waals surface area contributed by atoms with Crippen molar-refractivity contribution in [3.63, 3.8) is 0 Å². The lowest BCUT2D eigenvalue weighted by Crippen LogP contribution is -2.10. The molecule has 19 heavy (non-hydrogen) atoms. The number of carbonyl (C=O) groups is 1. The first-order valence-electron chi connectivity index (χ1n) is 6.12. The molecule has 1 aromatic carbocycles. The summed E-state index contributed by atoms with van der Waals surface area (Å²) in [7, 11) is 0. The van der Waals surface area contributed by atoms with E-state index in [-0.39, 0.29) is 12.5 Å². The maximum Gasteiger partial charge on any atom is 0.267 e. The Hall–Kier alpha value is -1.72. The van der Waals surface area contributed by atoms with Gasteiger partial charge in [-0.25, -0.2) is 4.98 Å². The molecule has 0 aliphatic carbocycles. The summed E-state index contributed by atoms with van der Waals surface area (Å²) in [5.74, 6) is -0.134. The largest absolute Gasteiger partial charge is 0.396 e. The number of anilines is 1. The topological polar surface area (TPSA) is 62.2 Å². The van der Waals surface area contributed by atoms with Crippen LogP contribution in [0.5, 0.6) is 0 Å². The smallest absolute Gasteiger partial charge is 0.267 e. The van der Waals surface area contributed by atoms with E-state index in [1.807, 2.05) is 31.2 Å². The number of aliphatic hydroxyl groups excluding tert-OH is 1. The van der Waals surface area contributed by atoms with Gasteiger partial charge in [0.1, 0.15) is 4.88 Å². The number of carbonyl (C=O) groups excluding carboxylic acids is 1. The van der Waals surface area contributed by atoms with E-state index in [2.05, 4.69) is 10.3 Å². The van der Waals surface area contributed by atoms with Crippen LogP contribution in [-0.4, -0.2) is 22.6 Å². The van der Waals surface area contributed by atoms with Crippen LogP contribution in [0.2, 0.25) is 0 Å². The predicted molar refractivity (Wildman–Crippen MR) is 76.7 cm³/mol. The zero-order chi connectivity index (χ0) is 13.7. The molecular weight excluding hydrogens is 260 g/mol. The maximum absolute atomic E-state index is 12.0. The van der Waals surface area contributed by atoms with Crippen molar-refractivity contribution in [2.75, 3.05) is 11.9 Å². The standard InChI is InChI=1S/C14H16N2O2S/c1-10-15-9-13(19-10)14(18)16-12-6-2-4-11(8-12)5-3-7-17/h2,4,6,8-9,17H,3,5,7H2,1H3,(H,16,18). The first-order valence-corrected chi connectivity index (χ1v) is 6.94. The number of aliphatic hydroxyl groups is 1. The van der Waals surface area contributed by atoms with Gasteiger partial charge in [-0.3, -0.25) is 4.79 Å². The van der Waals surface area contributed by atoms with Gasteiger partial charge in [0.25, 0.3) is 5.91 Å². The Labute approximate surface area is 116 Å². The molecule has 0 aliphatic rings. The number of rotatable bonds is 5. The number of amides is 1. The fourth-order valence-electron chi connectivity index (χ4n) is 1.75. The van der Waals surface area contributed by atoms with Crippen LogP contribution in [0.4, 0.5) is 5.69 Å². The summed E-state index contributed by atoms with van der Waals surface area (Å²) in [6, 6.07) is 7.68. The third-order valence-corrected chi connectivity index (χ3v) is 3.57. The molecule has 2 rings (SSSR count). The zero-order valence-electron chi connectivity index (χ0n) is 10.7.